The Bertz CT molecular complexity index is 557. The summed E-state index contributed by atoms with van der Waals surface area (Å²) in [6.07, 6.45) is 7.45. The Morgan fingerprint density at radius 2 is 1.22 bits per heavy atom. The van der Waals surface area contributed by atoms with E-state index in [-0.39, 0.29) is 17.5 Å². The normalized spacial score (nSPS) is 31.0. The fourth-order valence-corrected chi connectivity index (χ4v) is 5.90. The van der Waals surface area contributed by atoms with Crippen molar-refractivity contribution < 1.29 is 19.1 Å². The highest BCUT2D eigenvalue weighted by Gasteiger charge is 2.53. The lowest BCUT2D eigenvalue weighted by Crippen LogP contribution is -2.61. The third-order valence-corrected chi connectivity index (χ3v) is 6.57. The summed E-state index contributed by atoms with van der Waals surface area (Å²) in [6.45, 7) is 13.0. The lowest BCUT2D eigenvalue weighted by molar-refractivity contribution is -0.139. The Morgan fingerprint density at radius 1 is 0.852 bits per heavy atom. The first kappa shape index (κ1) is 20.1. The van der Waals surface area contributed by atoms with Crippen LogP contribution in [-0.4, -0.2) is 48.7 Å². The van der Waals surface area contributed by atoms with Crippen LogP contribution in [0.5, 0.6) is 0 Å². The Hall–Kier alpha value is -1.62. The summed E-state index contributed by atoms with van der Waals surface area (Å²) < 4.78 is 10.3. The average molecular weight is 376 g/mol. The van der Waals surface area contributed by atoms with Crippen molar-refractivity contribution in [3.8, 4) is 0 Å². The zero-order valence-electron chi connectivity index (χ0n) is 16.8. The summed E-state index contributed by atoms with van der Waals surface area (Å²) >= 11 is 0. The highest BCUT2D eigenvalue weighted by Crippen LogP contribution is 2.58. The van der Waals surface area contributed by atoms with Gasteiger partial charge in [0.15, 0.2) is 0 Å². The average Bonchev–Trinajstić information content (AvgIpc) is 2.60. The summed E-state index contributed by atoms with van der Waals surface area (Å²) in [5.41, 5.74) is 0.938. The van der Waals surface area contributed by atoms with Crippen molar-refractivity contribution >= 4 is 11.9 Å². The molecule has 0 unspecified atom stereocenters. The van der Waals surface area contributed by atoms with E-state index in [1.54, 1.807) is 13.8 Å². The number of esters is 2. The van der Waals surface area contributed by atoms with Crippen LogP contribution >= 0.6 is 0 Å². The van der Waals surface area contributed by atoms with E-state index in [0.29, 0.717) is 37.4 Å². The maximum Gasteiger partial charge on any atom is 0.334 e. The van der Waals surface area contributed by atoms with Crippen LogP contribution in [0.3, 0.4) is 0 Å². The second-order valence-electron chi connectivity index (χ2n) is 8.65. The number of carbonyl (C=O) groups excluding carboxylic acids is 2. The van der Waals surface area contributed by atoms with Crippen molar-refractivity contribution in [2.75, 3.05) is 26.3 Å². The lowest BCUT2D eigenvalue weighted by Gasteiger charge is -2.60. The standard InChI is InChI=1S/C22H33NO4/c1-5-26-20(24)15(3)13-23(14-16(4)21(25)27-6-2)22-10-17-7-18(11-22)9-19(8-17)12-22/h17-19H,3-14H2,1-2H3. The van der Waals surface area contributed by atoms with Gasteiger partial charge in [0.25, 0.3) is 0 Å². The van der Waals surface area contributed by atoms with Crippen LogP contribution in [0.25, 0.3) is 0 Å². The van der Waals surface area contributed by atoms with Crippen LogP contribution in [-0.2, 0) is 19.1 Å². The van der Waals surface area contributed by atoms with Crippen molar-refractivity contribution in [3.63, 3.8) is 0 Å². The molecule has 4 saturated carbocycles. The molecule has 4 bridgehead atoms. The number of nitrogens with zero attached hydrogens (tertiary/aromatic N) is 1. The van der Waals surface area contributed by atoms with Crippen LogP contribution in [0, 0.1) is 17.8 Å². The fourth-order valence-electron chi connectivity index (χ4n) is 5.90. The lowest BCUT2D eigenvalue weighted by atomic mass is 9.52. The van der Waals surface area contributed by atoms with E-state index in [4.69, 9.17) is 9.47 Å². The highest BCUT2D eigenvalue weighted by atomic mass is 16.5. The van der Waals surface area contributed by atoms with Gasteiger partial charge < -0.3 is 9.47 Å². The first-order valence-corrected chi connectivity index (χ1v) is 10.3. The Morgan fingerprint density at radius 3 is 1.56 bits per heavy atom. The third-order valence-electron chi connectivity index (χ3n) is 6.57. The SMILES string of the molecule is C=C(CN(CC(=C)C(=O)OCC)C12CC3CC(CC(C3)C1)C2)C(=O)OCC. The maximum absolute atomic E-state index is 12.2. The molecule has 4 aliphatic carbocycles. The van der Waals surface area contributed by atoms with Gasteiger partial charge >= 0.3 is 11.9 Å². The van der Waals surface area contributed by atoms with Crippen LogP contribution in [0.4, 0.5) is 0 Å². The number of hydrogen-bond donors (Lipinski definition) is 0. The van der Waals surface area contributed by atoms with Crippen molar-refractivity contribution in [2.24, 2.45) is 17.8 Å². The minimum Gasteiger partial charge on any atom is -0.463 e. The molecule has 27 heavy (non-hydrogen) atoms. The summed E-state index contributed by atoms with van der Waals surface area (Å²) in [4.78, 5) is 26.6. The summed E-state index contributed by atoms with van der Waals surface area (Å²) in [5.74, 6) is 1.60. The molecule has 0 aromatic heterocycles. The highest BCUT2D eigenvalue weighted by molar-refractivity contribution is 5.89. The predicted molar refractivity (Wildman–Crippen MR) is 104 cm³/mol. The van der Waals surface area contributed by atoms with E-state index >= 15 is 0 Å². The number of ether oxygens (including phenoxy) is 2. The largest absolute Gasteiger partial charge is 0.463 e. The molecule has 0 amide bonds. The van der Waals surface area contributed by atoms with E-state index in [9.17, 15) is 9.59 Å². The minimum atomic E-state index is -0.353. The molecule has 0 N–H and O–H groups in total. The molecule has 0 heterocycles. The fraction of sp³-hybridized carbons (Fsp3) is 0.727. The van der Waals surface area contributed by atoms with Crippen LogP contribution in [0.15, 0.2) is 24.3 Å². The van der Waals surface area contributed by atoms with Crippen molar-refractivity contribution in [2.45, 2.75) is 57.9 Å². The molecule has 5 nitrogen and oxygen atoms in total. The van der Waals surface area contributed by atoms with Crippen LogP contribution < -0.4 is 0 Å². The molecule has 4 rings (SSSR count). The van der Waals surface area contributed by atoms with Gasteiger partial charge in [-0.3, -0.25) is 4.90 Å². The zero-order chi connectivity index (χ0) is 19.6. The topological polar surface area (TPSA) is 55.8 Å². The van der Waals surface area contributed by atoms with E-state index in [2.05, 4.69) is 18.1 Å². The molecule has 0 spiro atoms. The molecule has 5 heteroatoms. The second-order valence-corrected chi connectivity index (χ2v) is 8.65. The first-order valence-electron chi connectivity index (χ1n) is 10.3. The smallest absolute Gasteiger partial charge is 0.334 e. The Labute approximate surface area is 162 Å². The molecule has 0 saturated heterocycles. The van der Waals surface area contributed by atoms with Gasteiger partial charge in [-0.1, -0.05) is 13.2 Å². The van der Waals surface area contributed by atoms with Crippen LogP contribution in [0.2, 0.25) is 0 Å². The number of hydrogen-bond acceptors (Lipinski definition) is 5. The zero-order valence-corrected chi connectivity index (χ0v) is 16.8. The van der Waals surface area contributed by atoms with Crippen molar-refractivity contribution in [1.29, 1.82) is 0 Å². The molecular formula is C22H33NO4. The molecule has 4 aliphatic rings. The molecule has 150 valence electrons. The quantitative estimate of drug-likeness (QED) is 0.456. The number of rotatable bonds is 9. The van der Waals surface area contributed by atoms with E-state index in [0.717, 1.165) is 37.0 Å². The van der Waals surface area contributed by atoms with Gasteiger partial charge in [0.1, 0.15) is 0 Å². The molecule has 0 radical (unpaired) electrons. The van der Waals surface area contributed by atoms with Gasteiger partial charge in [0, 0.05) is 29.8 Å². The first-order chi connectivity index (χ1) is 12.9. The van der Waals surface area contributed by atoms with E-state index in [1.807, 2.05) is 0 Å². The summed E-state index contributed by atoms with van der Waals surface area (Å²) in [6, 6.07) is 0. The monoisotopic (exact) mass is 375 g/mol. The molecule has 0 aromatic carbocycles. The summed E-state index contributed by atoms with van der Waals surface area (Å²) in [7, 11) is 0. The molecule has 4 fully saturated rings. The Kier molecular flexibility index (Phi) is 6.09. The van der Waals surface area contributed by atoms with Gasteiger partial charge in [-0.05, 0) is 70.1 Å². The van der Waals surface area contributed by atoms with Gasteiger partial charge in [0.2, 0.25) is 0 Å². The maximum atomic E-state index is 12.2. The molecule has 0 aromatic rings. The van der Waals surface area contributed by atoms with Gasteiger partial charge in [-0.2, -0.15) is 0 Å². The second kappa shape index (κ2) is 8.17. The molecular weight excluding hydrogens is 342 g/mol. The Balaban J connectivity index is 1.79. The number of carbonyl (C=O) groups is 2. The van der Waals surface area contributed by atoms with Crippen LogP contribution in [0.1, 0.15) is 52.4 Å². The van der Waals surface area contributed by atoms with Crippen molar-refractivity contribution in [1.82, 2.24) is 4.90 Å². The molecule has 0 atom stereocenters. The predicted octanol–water partition coefficient (Wildman–Crippen LogP) is 3.50. The van der Waals surface area contributed by atoms with Gasteiger partial charge in [-0.15, -0.1) is 0 Å². The minimum absolute atomic E-state index is 0.0413. The van der Waals surface area contributed by atoms with E-state index < -0.39 is 0 Å². The summed E-state index contributed by atoms with van der Waals surface area (Å²) in [5, 5.41) is 0. The van der Waals surface area contributed by atoms with Gasteiger partial charge in [0.05, 0.1) is 13.2 Å². The van der Waals surface area contributed by atoms with Crippen molar-refractivity contribution in [3.05, 3.63) is 24.3 Å². The van der Waals surface area contributed by atoms with Gasteiger partial charge in [-0.25, -0.2) is 9.59 Å². The molecule has 0 aliphatic heterocycles. The third kappa shape index (κ3) is 4.29. The van der Waals surface area contributed by atoms with E-state index in [1.165, 1.54) is 19.3 Å².